The molecule has 2 aromatic carbocycles. The highest BCUT2D eigenvalue weighted by Crippen LogP contribution is 2.50. The molecule has 256 valence electrons. The fourth-order valence-electron chi connectivity index (χ4n) is 8.37. The Kier molecular flexibility index (Phi) is 8.13. The molecule has 4 atom stereocenters. The van der Waals surface area contributed by atoms with Crippen LogP contribution < -0.4 is 15.8 Å². The third-order valence-corrected chi connectivity index (χ3v) is 11.8. The van der Waals surface area contributed by atoms with Gasteiger partial charge in [-0.05, 0) is 68.9 Å². The Morgan fingerprint density at radius 3 is 2.68 bits per heavy atom. The Hall–Kier alpha value is -4.43. The van der Waals surface area contributed by atoms with Crippen LogP contribution in [0.3, 0.4) is 0 Å². The molecule has 12 heteroatoms. The molecule has 3 aromatic heterocycles. The second kappa shape index (κ2) is 12.4. The van der Waals surface area contributed by atoms with Gasteiger partial charge < -0.3 is 19.4 Å². The average Bonchev–Trinajstić information content (AvgIpc) is 3.84. The van der Waals surface area contributed by atoms with E-state index in [0.717, 1.165) is 36.0 Å². The maximum atomic E-state index is 17.1. The lowest BCUT2D eigenvalue weighted by Crippen LogP contribution is -2.51. The van der Waals surface area contributed by atoms with E-state index in [1.54, 1.807) is 42.4 Å². The molecule has 0 radical (unpaired) electrons. The number of benzene rings is 2. The van der Waals surface area contributed by atoms with E-state index >= 15 is 4.39 Å². The number of nitriles is 1. The number of nitrogens with one attached hydrogen (secondary N) is 1. The summed E-state index contributed by atoms with van der Waals surface area (Å²) >= 11 is 13.0. The summed E-state index contributed by atoms with van der Waals surface area (Å²) in [6.07, 6.45) is 3.99. The lowest BCUT2D eigenvalue weighted by atomic mass is 9.79. The van der Waals surface area contributed by atoms with Crippen molar-refractivity contribution in [2.24, 2.45) is 13.0 Å². The van der Waals surface area contributed by atoms with Crippen molar-refractivity contribution in [2.45, 2.75) is 57.7 Å². The van der Waals surface area contributed by atoms with Gasteiger partial charge in [0.05, 0.1) is 39.4 Å². The van der Waals surface area contributed by atoms with Gasteiger partial charge in [-0.2, -0.15) is 5.26 Å². The molecule has 2 amide bonds. The molecule has 50 heavy (non-hydrogen) atoms. The maximum absolute atomic E-state index is 17.1. The topological polar surface area (TPSA) is 99.2 Å². The van der Waals surface area contributed by atoms with Crippen LogP contribution in [0.5, 0.6) is 0 Å². The summed E-state index contributed by atoms with van der Waals surface area (Å²) < 4.78 is 20.9. The Morgan fingerprint density at radius 2 is 1.96 bits per heavy atom. The molecule has 4 fully saturated rings. The van der Waals surface area contributed by atoms with Gasteiger partial charge in [0.15, 0.2) is 5.82 Å². The van der Waals surface area contributed by atoms with Crippen molar-refractivity contribution in [1.29, 1.82) is 5.26 Å². The summed E-state index contributed by atoms with van der Waals surface area (Å²) in [6.45, 7) is 5.92. The van der Waals surface area contributed by atoms with Crippen molar-refractivity contribution >= 4 is 56.7 Å². The number of urea groups is 1. The average molecular weight is 713 g/mol. The van der Waals surface area contributed by atoms with Gasteiger partial charge in [0.2, 0.25) is 0 Å². The van der Waals surface area contributed by atoms with E-state index in [0.29, 0.717) is 63.9 Å². The number of carbonyl (C=O) groups is 1. The zero-order valence-electron chi connectivity index (χ0n) is 28.0. The summed E-state index contributed by atoms with van der Waals surface area (Å²) in [4.78, 5) is 35.1. The van der Waals surface area contributed by atoms with Crippen LogP contribution in [0.2, 0.25) is 10.0 Å². The standard InChI is InChI=1S/C38H36Cl2FN7O2/c1-20-26-18-30(21(2)46-12-6-13-47(38(46)50)24-10-14-45(3)31(49)17-24)48(36-23-16-29(36)43-19-23)37(26)27-15-22(7-5-11-42)32(34(41)35(27)44-20)25-8-4-9-28(39)33(25)40/h4,8-10,14-15,17-18,21,23,29,36,43H,5-7,12-13,16,19H2,1-3H3. The summed E-state index contributed by atoms with van der Waals surface area (Å²) in [5.74, 6) is -0.107. The molecule has 4 aliphatic rings. The second-order valence-corrected chi connectivity index (χ2v) is 14.6. The number of halogens is 3. The third-order valence-electron chi connectivity index (χ3n) is 11.0. The van der Waals surface area contributed by atoms with Crippen LogP contribution in [0.15, 0.2) is 53.5 Å². The summed E-state index contributed by atoms with van der Waals surface area (Å²) in [6, 6.07) is 14.6. The van der Waals surface area contributed by atoms with Crippen molar-refractivity contribution in [3.8, 4) is 17.2 Å². The van der Waals surface area contributed by atoms with Crippen molar-refractivity contribution < 1.29 is 9.18 Å². The normalized spacial score (nSPS) is 20.8. The van der Waals surface area contributed by atoms with Gasteiger partial charge in [-0.15, -0.1) is 0 Å². The van der Waals surface area contributed by atoms with Crippen LogP contribution in [0, 0.1) is 30.0 Å². The maximum Gasteiger partial charge on any atom is 0.325 e. The first-order chi connectivity index (χ1) is 24.1. The lowest BCUT2D eigenvalue weighted by molar-refractivity contribution is 0.165. The van der Waals surface area contributed by atoms with Gasteiger partial charge in [-0.1, -0.05) is 35.3 Å². The number of hydrogen-bond donors (Lipinski definition) is 1. The fourth-order valence-corrected chi connectivity index (χ4v) is 8.77. The predicted octanol–water partition coefficient (Wildman–Crippen LogP) is 7.69. The van der Waals surface area contributed by atoms with E-state index in [4.69, 9.17) is 28.2 Å². The molecule has 9 rings (SSSR count). The van der Waals surface area contributed by atoms with Gasteiger partial charge in [-0.25, -0.2) is 14.2 Å². The van der Waals surface area contributed by atoms with Crippen molar-refractivity contribution in [3.05, 3.63) is 91.8 Å². The first-order valence-electron chi connectivity index (χ1n) is 17.0. The van der Waals surface area contributed by atoms with Crippen molar-refractivity contribution in [2.75, 3.05) is 24.5 Å². The number of hydrogen-bond acceptors (Lipinski definition) is 5. The number of aromatic nitrogens is 3. The molecular formula is C38H36Cl2FN7O2. The van der Waals surface area contributed by atoms with Crippen LogP contribution >= 0.6 is 23.2 Å². The van der Waals surface area contributed by atoms with Gasteiger partial charge in [0.1, 0.15) is 5.52 Å². The Balaban J connectivity index is 1.33. The quantitative estimate of drug-likeness (QED) is 0.187. The minimum atomic E-state index is -0.502. The number of carbonyl (C=O) groups excluding carboxylic acids is 1. The molecule has 1 saturated carbocycles. The SMILES string of the molecule is Cc1nc2c(F)c(-c3cccc(Cl)c3Cl)c(CCC#N)cc2c2c1cc(C(C)N1CCCN(c3ccn(C)c(=O)c3)C1=O)n2C1C2CNC1C2. The monoisotopic (exact) mass is 711 g/mol. The van der Waals surface area contributed by atoms with Crippen molar-refractivity contribution in [3.63, 3.8) is 0 Å². The highest BCUT2D eigenvalue weighted by Gasteiger charge is 2.49. The first kappa shape index (κ1) is 32.8. The van der Waals surface area contributed by atoms with E-state index in [2.05, 4.69) is 22.0 Å². The molecule has 1 aliphatic carbocycles. The minimum Gasteiger partial charge on any atom is -0.337 e. The van der Waals surface area contributed by atoms with E-state index in [1.165, 1.54) is 10.6 Å². The fraction of sp³-hybridized carbons (Fsp3) is 0.368. The largest absolute Gasteiger partial charge is 0.337 e. The Labute approximate surface area is 298 Å². The van der Waals surface area contributed by atoms with E-state index in [1.807, 2.05) is 24.8 Å². The van der Waals surface area contributed by atoms with Gasteiger partial charge in [0, 0.05) is 84.7 Å². The molecule has 4 unspecified atom stereocenters. The molecule has 2 bridgehead atoms. The van der Waals surface area contributed by atoms with Gasteiger partial charge in [-0.3, -0.25) is 9.69 Å². The van der Waals surface area contributed by atoms with Gasteiger partial charge in [0.25, 0.3) is 5.56 Å². The number of fused-ring (bicyclic) bond motifs is 4. The van der Waals surface area contributed by atoms with Crippen LogP contribution in [0.1, 0.15) is 55.2 Å². The number of nitrogens with zero attached hydrogens (tertiary/aromatic N) is 6. The number of anilines is 1. The molecule has 3 saturated heterocycles. The second-order valence-electron chi connectivity index (χ2n) is 13.8. The van der Waals surface area contributed by atoms with E-state index in [9.17, 15) is 14.9 Å². The molecule has 9 nitrogen and oxygen atoms in total. The molecular weight excluding hydrogens is 676 g/mol. The smallest absolute Gasteiger partial charge is 0.325 e. The lowest BCUT2D eigenvalue weighted by Gasteiger charge is -2.42. The number of rotatable bonds is 7. The van der Waals surface area contributed by atoms with Crippen LogP contribution in [-0.4, -0.2) is 50.7 Å². The molecule has 6 heterocycles. The zero-order valence-corrected chi connectivity index (χ0v) is 29.5. The van der Waals surface area contributed by atoms with Crippen LogP contribution in [0.25, 0.3) is 32.9 Å². The number of aryl methyl sites for hydroxylation is 3. The van der Waals surface area contributed by atoms with Crippen LogP contribution in [0.4, 0.5) is 14.9 Å². The number of amides is 2. The summed E-state index contributed by atoms with van der Waals surface area (Å²) in [7, 11) is 1.69. The number of pyridine rings is 2. The molecule has 3 aliphatic heterocycles. The highest BCUT2D eigenvalue weighted by atomic mass is 35.5. The zero-order chi connectivity index (χ0) is 35.0. The van der Waals surface area contributed by atoms with E-state index < -0.39 is 5.82 Å². The highest BCUT2D eigenvalue weighted by molar-refractivity contribution is 6.43. The molecule has 5 aromatic rings. The summed E-state index contributed by atoms with van der Waals surface area (Å²) in [5, 5.41) is 15.3. The third kappa shape index (κ3) is 5.01. The molecule has 0 spiro atoms. The Morgan fingerprint density at radius 1 is 1.14 bits per heavy atom. The Bertz CT molecular complexity index is 2310. The summed E-state index contributed by atoms with van der Waals surface area (Å²) in [5.41, 5.74) is 4.57. The van der Waals surface area contributed by atoms with E-state index in [-0.39, 0.29) is 46.7 Å². The van der Waals surface area contributed by atoms with Crippen molar-refractivity contribution in [1.82, 2.24) is 24.3 Å². The predicted molar refractivity (Wildman–Crippen MR) is 194 cm³/mol. The minimum absolute atomic E-state index is 0.121. The van der Waals surface area contributed by atoms with Gasteiger partial charge >= 0.3 is 6.03 Å². The van der Waals surface area contributed by atoms with Crippen LogP contribution in [-0.2, 0) is 13.5 Å². The first-order valence-corrected chi connectivity index (χ1v) is 17.8. The molecule has 1 N–H and O–H groups in total.